The first-order chi connectivity index (χ1) is 20.3. The summed E-state index contributed by atoms with van der Waals surface area (Å²) in [5.41, 5.74) is 1.19. The van der Waals surface area contributed by atoms with Crippen molar-refractivity contribution in [3.63, 3.8) is 0 Å². The van der Waals surface area contributed by atoms with Gasteiger partial charge in [-0.05, 0) is 66.7 Å². The summed E-state index contributed by atoms with van der Waals surface area (Å²) in [7, 11) is 0. The third-order valence-electron chi connectivity index (χ3n) is 6.29. The number of carbonyl (C=O) groups is 4. The standard InChI is InChI=1S/C32H23BrFN3O4S/c33-22-13-15-24(16-14-22)37-29(38)19-28(32(37)41)42-25-11-6-10-23(18-25)35-31(40)27(17-21-9-4-5-12-26(21)34)36-30(39)20-7-2-1-3-8-20/h1-18,28H,19H2,(H,35,40)(H,36,39)/b27-17-. The number of amides is 4. The van der Waals surface area contributed by atoms with Gasteiger partial charge in [-0.2, -0.15) is 0 Å². The summed E-state index contributed by atoms with van der Waals surface area (Å²) in [5, 5.41) is 4.69. The lowest BCUT2D eigenvalue weighted by atomic mass is 10.1. The van der Waals surface area contributed by atoms with Crippen LogP contribution in [0.3, 0.4) is 0 Å². The molecule has 0 aliphatic carbocycles. The van der Waals surface area contributed by atoms with Crippen molar-refractivity contribution in [2.24, 2.45) is 0 Å². The SMILES string of the molecule is O=C(Nc1cccc(SC2CC(=O)N(c3ccc(Br)cc3)C2=O)c1)/C(=C/c1ccccc1F)NC(=O)c1ccccc1. The molecule has 4 amide bonds. The van der Waals surface area contributed by atoms with Gasteiger partial charge in [-0.25, -0.2) is 9.29 Å². The highest BCUT2D eigenvalue weighted by Gasteiger charge is 2.40. The van der Waals surface area contributed by atoms with Crippen molar-refractivity contribution in [3.05, 3.63) is 130 Å². The molecule has 1 atom stereocenters. The Morgan fingerprint density at radius 1 is 0.905 bits per heavy atom. The second-order valence-electron chi connectivity index (χ2n) is 9.24. The molecule has 0 radical (unpaired) electrons. The van der Waals surface area contributed by atoms with E-state index in [9.17, 15) is 23.6 Å². The zero-order valence-corrected chi connectivity index (χ0v) is 24.3. The molecule has 0 aromatic heterocycles. The molecular formula is C32H23BrFN3O4S. The van der Waals surface area contributed by atoms with Crippen molar-refractivity contribution in [2.75, 3.05) is 10.2 Å². The number of hydrogen-bond acceptors (Lipinski definition) is 5. The Balaban J connectivity index is 1.33. The smallest absolute Gasteiger partial charge is 0.272 e. The number of rotatable bonds is 8. The van der Waals surface area contributed by atoms with E-state index < -0.39 is 22.9 Å². The maximum Gasteiger partial charge on any atom is 0.272 e. The van der Waals surface area contributed by atoms with Crippen LogP contribution >= 0.6 is 27.7 Å². The van der Waals surface area contributed by atoms with Gasteiger partial charge in [0.05, 0.1) is 10.9 Å². The molecule has 4 aromatic carbocycles. The van der Waals surface area contributed by atoms with Crippen molar-refractivity contribution >= 4 is 68.8 Å². The number of halogens is 2. The fraction of sp³-hybridized carbons (Fsp3) is 0.0625. The van der Waals surface area contributed by atoms with Crippen LogP contribution in [0.1, 0.15) is 22.3 Å². The van der Waals surface area contributed by atoms with Crippen LogP contribution in [-0.2, 0) is 14.4 Å². The highest BCUT2D eigenvalue weighted by atomic mass is 79.9. The van der Waals surface area contributed by atoms with Crippen LogP contribution < -0.4 is 15.5 Å². The molecule has 5 rings (SSSR count). The molecule has 7 nitrogen and oxygen atoms in total. The Hall–Kier alpha value is -4.54. The Kier molecular flexibility index (Phi) is 8.94. The van der Waals surface area contributed by atoms with Gasteiger partial charge in [0.1, 0.15) is 11.5 Å². The molecule has 210 valence electrons. The fourth-order valence-corrected chi connectivity index (χ4v) is 5.63. The van der Waals surface area contributed by atoms with Gasteiger partial charge in [0.25, 0.3) is 11.8 Å². The van der Waals surface area contributed by atoms with Crippen LogP contribution in [0.4, 0.5) is 15.8 Å². The number of imide groups is 1. The van der Waals surface area contributed by atoms with E-state index in [1.165, 1.54) is 40.9 Å². The van der Waals surface area contributed by atoms with E-state index in [0.29, 0.717) is 21.8 Å². The molecule has 42 heavy (non-hydrogen) atoms. The van der Waals surface area contributed by atoms with E-state index in [1.54, 1.807) is 84.9 Å². The number of carbonyl (C=O) groups excluding carboxylic acids is 4. The number of hydrogen-bond donors (Lipinski definition) is 2. The topological polar surface area (TPSA) is 95.6 Å². The van der Waals surface area contributed by atoms with Gasteiger partial charge >= 0.3 is 0 Å². The third kappa shape index (κ3) is 6.84. The highest BCUT2D eigenvalue weighted by Crippen LogP contribution is 2.35. The molecule has 2 N–H and O–H groups in total. The lowest BCUT2D eigenvalue weighted by Gasteiger charge is -2.15. The van der Waals surface area contributed by atoms with Crippen LogP contribution in [0.2, 0.25) is 0 Å². The third-order valence-corrected chi connectivity index (χ3v) is 8.00. The van der Waals surface area contributed by atoms with Gasteiger partial charge in [-0.3, -0.25) is 19.2 Å². The second-order valence-corrected chi connectivity index (χ2v) is 11.4. The average molecular weight is 645 g/mol. The number of benzene rings is 4. The summed E-state index contributed by atoms with van der Waals surface area (Å²) in [5.74, 6) is -2.36. The molecule has 0 spiro atoms. The molecule has 1 heterocycles. The Labute approximate surface area is 253 Å². The van der Waals surface area contributed by atoms with Gasteiger partial charge in [-0.1, -0.05) is 58.4 Å². The predicted octanol–water partition coefficient (Wildman–Crippen LogP) is 6.42. The second kappa shape index (κ2) is 13.0. The first kappa shape index (κ1) is 29.0. The van der Waals surface area contributed by atoms with Gasteiger partial charge in [-0.15, -0.1) is 11.8 Å². The van der Waals surface area contributed by atoms with Crippen LogP contribution in [0.25, 0.3) is 6.08 Å². The highest BCUT2D eigenvalue weighted by molar-refractivity contribution is 9.10. The minimum atomic E-state index is -0.668. The Morgan fingerprint density at radius 3 is 2.36 bits per heavy atom. The quantitative estimate of drug-likeness (QED) is 0.171. The van der Waals surface area contributed by atoms with Gasteiger partial charge < -0.3 is 10.6 Å². The van der Waals surface area contributed by atoms with Gasteiger partial charge in [0.2, 0.25) is 11.8 Å². The molecule has 4 aromatic rings. The largest absolute Gasteiger partial charge is 0.321 e. The lowest BCUT2D eigenvalue weighted by Crippen LogP contribution is -2.31. The van der Waals surface area contributed by atoms with E-state index in [4.69, 9.17) is 0 Å². The molecule has 0 bridgehead atoms. The Bertz CT molecular complexity index is 1700. The number of anilines is 2. The van der Waals surface area contributed by atoms with E-state index in [1.807, 2.05) is 0 Å². The number of nitrogens with one attached hydrogen (secondary N) is 2. The minimum Gasteiger partial charge on any atom is -0.321 e. The van der Waals surface area contributed by atoms with E-state index in [2.05, 4.69) is 26.6 Å². The van der Waals surface area contributed by atoms with Crippen molar-refractivity contribution in [1.29, 1.82) is 0 Å². The molecule has 10 heteroatoms. The van der Waals surface area contributed by atoms with Crippen molar-refractivity contribution in [3.8, 4) is 0 Å². The molecule has 1 saturated heterocycles. The van der Waals surface area contributed by atoms with Gasteiger partial charge in [0, 0.05) is 32.6 Å². The van der Waals surface area contributed by atoms with Crippen LogP contribution in [0, 0.1) is 5.82 Å². The fourth-order valence-electron chi connectivity index (χ4n) is 4.26. The van der Waals surface area contributed by atoms with Crippen molar-refractivity contribution in [2.45, 2.75) is 16.6 Å². The summed E-state index contributed by atoms with van der Waals surface area (Å²) >= 11 is 4.57. The average Bonchev–Trinajstić information content (AvgIpc) is 3.26. The summed E-state index contributed by atoms with van der Waals surface area (Å²) in [4.78, 5) is 53.8. The first-order valence-electron chi connectivity index (χ1n) is 12.8. The van der Waals surface area contributed by atoms with Crippen LogP contribution in [-0.4, -0.2) is 28.9 Å². The normalized spacial score (nSPS) is 15.0. The maximum absolute atomic E-state index is 14.4. The lowest BCUT2D eigenvalue weighted by molar-refractivity contribution is -0.121. The summed E-state index contributed by atoms with van der Waals surface area (Å²) in [6.07, 6.45) is 1.31. The van der Waals surface area contributed by atoms with E-state index >= 15 is 0 Å². The molecule has 1 aliphatic heterocycles. The zero-order valence-electron chi connectivity index (χ0n) is 21.9. The predicted molar refractivity (Wildman–Crippen MR) is 164 cm³/mol. The zero-order chi connectivity index (χ0) is 29.6. The van der Waals surface area contributed by atoms with E-state index in [-0.39, 0.29) is 29.5 Å². The number of nitrogens with zero attached hydrogens (tertiary/aromatic N) is 1. The van der Waals surface area contributed by atoms with Crippen molar-refractivity contribution in [1.82, 2.24) is 5.32 Å². The Morgan fingerprint density at radius 2 is 1.62 bits per heavy atom. The molecular weight excluding hydrogens is 621 g/mol. The summed E-state index contributed by atoms with van der Waals surface area (Å²) in [6, 6.07) is 28.0. The molecule has 0 saturated carbocycles. The van der Waals surface area contributed by atoms with Crippen molar-refractivity contribution < 1.29 is 23.6 Å². The number of thioether (sulfide) groups is 1. The van der Waals surface area contributed by atoms with Gasteiger partial charge in [0.15, 0.2) is 0 Å². The van der Waals surface area contributed by atoms with E-state index in [0.717, 1.165) is 4.47 Å². The molecule has 1 fully saturated rings. The summed E-state index contributed by atoms with van der Waals surface area (Å²) in [6.45, 7) is 0. The maximum atomic E-state index is 14.4. The van der Waals surface area contributed by atoms with Crippen LogP contribution in [0.5, 0.6) is 0 Å². The molecule has 1 aliphatic rings. The minimum absolute atomic E-state index is 0.0389. The first-order valence-corrected chi connectivity index (χ1v) is 14.5. The molecule has 1 unspecified atom stereocenters. The summed E-state index contributed by atoms with van der Waals surface area (Å²) < 4.78 is 15.2. The monoisotopic (exact) mass is 643 g/mol. The van der Waals surface area contributed by atoms with Crippen LogP contribution in [0.15, 0.2) is 118 Å².